The van der Waals surface area contributed by atoms with E-state index in [1.165, 1.54) is 6.20 Å². The van der Waals surface area contributed by atoms with Gasteiger partial charge in [0.25, 0.3) is 5.91 Å². The third-order valence-corrected chi connectivity index (χ3v) is 2.92. The zero-order valence-electron chi connectivity index (χ0n) is 12.9. The van der Waals surface area contributed by atoms with Crippen molar-refractivity contribution in [1.82, 2.24) is 15.6 Å². The average molecular weight is 292 g/mol. The van der Waals surface area contributed by atoms with Gasteiger partial charge in [0.1, 0.15) is 6.04 Å². The van der Waals surface area contributed by atoms with Crippen molar-refractivity contribution in [3.63, 3.8) is 0 Å². The van der Waals surface area contributed by atoms with Crippen molar-refractivity contribution in [2.75, 3.05) is 18.4 Å². The maximum Gasteiger partial charge on any atom is 0.255 e. The van der Waals surface area contributed by atoms with Crippen LogP contribution in [0.3, 0.4) is 0 Å². The molecule has 1 aromatic heterocycles. The van der Waals surface area contributed by atoms with Gasteiger partial charge in [0.15, 0.2) is 0 Å². The van der Waals surface area contributed by atoms with E-state index in [0.717, 1.165) is 25.1 Å². The van der Waals surface area contributed by atoms with Gasteiger partial charge in [0.2, 0.25) is 5.91 Å². The Labute approximate surface area is 125 Å². The Balaban J connectivity index is 2.68. The van der Waals surface area contributed by atoms with Crippen LogP contribution in [0, 0.1) is 0 Å². The Morgan fingerprint density at radius 3 is 2.62 bits per heavy atom. The molecule has 0 aliphatic rings. The third-order valence-electron chi connectivity index (χ3n) is 2.92. The van der Waals surface area contributed by atoms with E-state index in [-0.39, 0.29) is 11.8 Å². The number of rotatable bonds is 8. The molecule has 1 atom stereocenters. The molecule has 1 unspecified atom stereocenters. The molecule has 0 aromatic carbocycles. The zero-order chi connectivity index (χ0) is 15.7. The van der Waals surface area contributed by atoms with Crippen LogP contribution < -0.4 is 16.0 Å². The lowest BCUT2D eigenvalue weighted by atomic mass is 10.2. The average Bonchev–Trinajstić information content (AvgIpc) is 2.50. The summed E-state index contributed by atoms with van der Waals surface area (Å²) in [6, 6.07) is 1.18. The quantitative estimate of drug-likeness (QED) is 0.679. The van der Waals surface area contributed by atoms with E-state index in [2.05, 4.69) is 20.9 Å². The predicted molar refractivity (Wildman–Crippen MR) is 83.2 cm³/mol. The number of hydrogen-bond donors (Lipinski definition) is 3. The summed E-state index contributed by atoms with van der Waals surface area (Å²) in [5.74, 6) is -0.488. The summed E-state index contributed by atoms with van der Waals surface area (Å²) in [4.78, 5) is 28.0. The third kappa shape index (κ3) is 5.41. The molecule has 0 aliphatic carbocycles. The van der Waals surface area contributed by atoms with Gasteiger partial charge in [0, 0.05) is 25.5 Å². The minimum Gasteiger partial charge on any atom is -0.384 e. The SMILES string of the molecule is CCCNC(=O)C(C)NC(=O)c1cnccc1NCCC. The molecule has 0 spiro atoms. The lowest BCUT2D eigenvalue weighted by molar-refractivity contribution is -0.122. The van der Waals surface area contributed by atoms with E-state index in [0.29, 0.717) is 12.1 Å². The molecule has 116 valence electrons. The van der Waals surface area contributed by atoms with Crippen molar-refractivity contribution < 1.29 is 9.59 Å². The molecule has 1 aromatic rings. The van der Waals surface area contributed by atoms with Gasteiger partial charge in [-0.1, -0.05) is 13.8 Å². The molecule has 3 N–H and O–H groups in total. The first-order valence-corrected chi connectivity index (χ1v) is 7.36. The summed E-state index contributed by atoms with van der Waals surface area (Å²) in [7, 11) is 0. The maximum atomic E-state index is 12.2. The van der Waals surface area contributed by atoms with E-state index in [9.17, 15) is 9.59 Å². The van der Waals surface area contributed by atoms with Crippen LogP contribution in [0.2, 0.25) is 0 Å². The van der Waals surface area contributed by atoms with Crippen LogP contribution in [0.5, 0.6) is 0 Å². The minimum atomic E-state index is -0.580. The summed E-state index contributed by atoms with van der Waals surface area (Å²) in [6.07, 6.45) is 4.95. The van der Waals surface area contributed by atoms with Gasteiger partial charge in [-0.3, -0.25) is 14.6 Å². The highest BCUT2D eigenvalue weighted by atomic mass is 16.2. The molecule has 0 fully saturated rings. The first kappa shape index (κ1) is 16.9. The van der Waals surface area contributed by atoms with Crippen molar-refractivity contribution in [2.24, 2.45) is 0 Å². The Morgan fingerprint density at radius 2 is 1.95 bits per heavy atom. The van der Waals surface area contributed by atoms with Crippen LogP contribution in [-0.4, -0.2) is 35.9 Å². The van der Waals surface area contributed by atoms with Gasteiger partial charge >= 0.3 is 0 Å². The van der Waals surface area contributed by atoms with Crippen molar-refractivity contribution >= 4 is 17.5 Å². The molecule has 0 radical (unpaired) electrons. The summed E-state index contributed by atoms with van der Waals surface area (Å²) in [5.41, 5.74) is 1.17. The Morgan fingerprint density at radius 1 is 1.24 bits per heavy atom. The Kier molecular flexibility index (Phi) is 7.21. The Bertz CT molecular complexity index is 476. The second-order valence-electron chi connectivity index (χ2n) is 4.83. The molecule has 0 aliphatic heterocycles. The number of anilines is 1. The molecular weight excluding hydrogens is 268 g/mol. The van der Waals surface area contributed by atoms with Gasteiger partial charge < -0.3 is 16.0 Å². The number of hydrogen-bond acceptors (Lipinski definition) is 4. The summed E-state index contributed by atoms with van der Waals surface area (Å²) in [6.45, 7) is 7.07. The highest BCUT2D eigenvalue weighted by Crippen LogP contribution is 2.13. The highest BCUT2D eigenvalue weighted by Gasteiger charge is 2.18. The summed E-state index contributed by atoms with van der Waals surface area (Å²) < 4.78 is 0. The van der Waals surface area contributed by atoms with Crippen LogP contribution in [0.1, 0.15) is 44.0 Å². The predicted octanol–water partition coefficient (Wildman–Crippen LogP) is 1.55. The molecule has 0 saturated carbocycles. The second-order valence-corrected chi connectivity index (χ2v) is 4.83. The van der Waals surface area contributed by atoms with E-state index >= 15 is 0 Å². The van der Waals surface area contributed by atoms with E-state index < -0.39 is 6.04 Å². The van der Waals surface area contributed by atoms with Gasteiger partial charge in [0.05, 0.1) is 11.3 Å². The molecule has 2 amide bonds. The smallest absolute Gasteiger partial charge is 0.255 e. The molecular formula is C15H24N4O2. The first-order valence-electron chi connectivity index (χ1n) is 7.36. The zero-order valence-corrected chi connectivity index (χ0v) is 12.9. The van der Waals surface area contributed by atoms with Crippen molar-refractivity contribution in [1.29, 1.82) is 0 Å². The largest absolute Gasteiger partial charge is 0.384 e. The minimum absolute atomic E-state index is 0.183. The van der Waals surface area contributed by atoms with Crippen LogP contribution >= 0.6 is 0 Å². The van der Waals surface area contributed by atoms with Crippen molar-refractivity contribution in [2.45, 2.75) is 39.7 Å². The van der Waals surface area contributed by atoms with Crippen molar-refractivity contribution in [3.8, 4) is 0 Å². The number of aromatic nitrogens is 1. The van der Waals surface area contributed by atoms with Crippen LogP contribution in [0.25, 0.3) is 0 Å². The van der Waals surface area contributed by atoms with Gasteiger partial charge in [-0.2, -0.15) is 0 Å². The number of carbonyl (C=O) groups excluding carboxylic acids is 2. The Hall–Kier alpha value is -2.11. The van der Waals surface area contributed by atoms with E-state index in [4.69, 9.17) is 0 Å². The number of nitrogens with zero attached hydrogens (tertiary/aromatic N) is 1. The maximum absolute atomic E-state index is 12.2. The lowest BCUT2D eigenvalue weighted by Gasteiger charge is -2.15. The summed E-state index contributed by atoms with van der Waals surface area (Å²) in [5, 5.41) is 8.62. The van der Waals surface area contributed by atoms with E-state index in [1.807, 2.05) is 13.8 Å². The molecule has 1 heterocycles. The van der Waals surface area contributed by atoms with Crippen LogP contribution in [0.4, 0.5) is 5.69 Å². The fourth-order valence-corrected chi connectivity index (χ4v) is 1.73. The molecule has 21 heavy (non-hydrogen) atoms. The normalized spacial score (nSPS) is 11.6. The van der Waals surface area contributed by atoms with Gasteiger partial charge in [-0.25, -0.2) is 0 Å². The monoisotopic (exact) mass is 292 g/mol. The highest BCUT2D eigenvalue weighted by molar-refractivity contribution is 6.01. The molecule has 6 nitrogen and oxygen atoms in total. The van der Waals surface area contributed by atoms with E-state index in [1.54, 1.807) is 19.2 Å². The lowest BCUT2D eigenvalue weighted by Crippen LogP contribution is -2.45. The standard InChI is InChI=1S/C15H24N4O2/c1-4-7-17-13-6-9-16-10-12(13)15(21)19-11(3)14(20)18-8-5-2/h6,9-11H,4-5,7-8H2,1-3H3,(H,16,17)(H,18,20)(H,19,21). The molecule has 0 saturated heterocycles. The number of amides is 2. The molecule has 0 bridgehead atoms. The molecule has 1 rings (SSSR count). The molecule has 6 heteroatoms. The second kappa shape index (κ2) is 8.94. The van der Waals surface area contributed by atoms with Crippen molar-refractivity contribution in [3.05, 3.63) is 24.0 Å². The number of carbonyl (C=O) groups is 2. The topological polar surface area (TPSA) is 83.1 Å². The van der Waals surface area contributed by atoms with Gasteiger partial charge in [-0.05, 0) is 25.8 Å². The van der Waals surface area contributed by atoms with Gasteiger partial charge in [-0.15, -0.1) is 0 Å². The summed E-state index contributed by atoms with van der Waals surface area (Å²) >= 11 is 0. The van der Waals surface area contributed by atoms with Crippen LogP contribution in [-0.2, 0) is 4.79 Å². The number of pyridine rings is 1. The first-order chi connectivity index (χ1) is 10.1. The fourth-order valence-electron chi connectivity index (χ4n) is 1.73. The number of nitrogens with one attached hydrogen (secondary N) is 3. The van der Waals surface area contributed by atoms with Crippen LogP contribution in [0.15, 0.2) is 18.5 Å². The fraction of sp³-hybridized carbons (Fsp3) is 0.533.